The summed E-state index contributed by atoms with van der Waals surface area (Å²) in [4.78, 5) is 5.55. The van der Waals surface area contributed by atoms with Crippen molar-refractivity contribution in [3.05, 3.63) is 84.6 Å². The second kappa shape index (κ2) is 7.65. The minimum Gasteiger partial charge on any atom is -0.310 e. The van der Waals surface area contributed by atoms with Crippen LogP contribution in [0.25, 0.3) is 17.2 Å². The molecule has 0 amide bonds. The Morgan fingerprint density at radius 1 is 0.870 bits per heavy atom. The molecular formula is C20H18N2S. The summed E-state index contributed by atoms with van der Waals surface area (Å²) in [6.45, 7) is 2.00. The minimum atomic E-state index is 0.857. The Hall–Kier alpha value is -2.52. The molecule has 3 aromatic rings. The van der Waals surface area contributed by atoms with Crippen LogP contribution in [0.4, 0.5) is 5.82 Å². The van der Waals surface area contributed by atoms with Crippen molar-refractivity contribution in [3.63, 3.8) is 0 Å². The van der Waals surface area contributed by atoms with Gasteiger partial charge in [0.15, 0.2) is 0 Å². The number of rotatable bonds is 5. The van der Waals surface area contributed by atoms with Crippen molar-refractivity contribution in [2.45, 2.75) is 11.8 Å². The number of benzene rings is 2. The fraction of sp³-hybridized carbons (Fsp3) is 0.0500. The van der Waals surface area contributed by atoms with Gasteiger partial charge < -0.3 is 4.72 Å². The van der Waals surface area contributed by atoms with Crippen molar-refractivity contribution in [2.24, 2.45) is 0 Å². The normalized spacial score (nSPS) is 10.8. The molecule has 0 fully saturated rings. The van der Waals surface area contributed by atoms with E-state index in [1.165, 1.54) is 11.1 Å². The maximum atomic E-state index is 4.39. The minimum absolute atomic E-state index is 0.857. The summed E-state index contributed by atoms with van der Waals surface area (Å²) >= 11 is 1.57. The first-order valence-corrected chi connectivity index (χ1v) is 8.34. The van der Waals surface area contributed by atoms with Gasteiger partial charge in [-0.15, -0.1) is 0 Å². The fourth-order valence-corrected chi connectivity index (χ4v) is 2.83. The zero-order valence-corrected chi connectivity index (χ0v) is 13.8. The van der Waals surface area contributed by atoms with Gasteiger partial charge in [0.05, 0.1) is 0 Å². The second-order valence-electron chi connectivity index (χ2n) is 5.07. The highest BCUT2D eigenvalue weighted by molar-refractivity contribution is 8.00. The topological polar surface area (TPSA) is 24.9 Å². The molecule has 0 unspecified atom stereocenters. The number of hydrogen-bond acceptors (Lipinski definition) is 3. The number of aromatic nitrogens is 1. The summed E-state index contributed by atoms with van der Waals surface area (Å²) in [7, 11) is 0. The second-order valence-corrected chi connectivity index (χ2v) is 5.95. The molecule has 0 aliphatic rings. The van der Waals surface area contributed by atoms with E-state index in [2.05, 4.69) is 58.2 Å². The summed E-state index contributed by atoms with van der Waals surface area (Å²) in [5, 5.41) is 0. The van der Waals surface area contributed by atoms with Crippen LogP contribution in [0.2, 0.25) is 0 Å². The average molecular weight is 318 g/mol. The van der Waals surface area contributed by atoms with Crippen molar-refractivity contribution < 1.29 is 0 Å². The zero-order valence-electron chi connectivity index (χ0n) is 12.9. The lowest BCUT2D eigenvalue weighted by atomic mass is 10.1. The molecule has 3 rings (SSSR count). The number of nitrogens with one attached hydrogen (secondary N) is 1. The van der Waals surface area contributed by atoms with E-state index >= 15 is 0 Å². The fourth-order valence-electron chi connectivity index (χ4n) is 2.21. The zero-order chi connectivity index (χ0) is 15.9. The highest BCUT2D eigenvalue weighted by Gasteiger charge is 1.99. The van der Waals surface area contributed by atoms with Gasteiger partial charge in [-0.1, -0.05) is 54.6 Å². The molecule has 0 aliphatic carbocycles. The van der Waals surface area contributed by atoms with Gasteiger partial charge in [0.1, 0.15) is 5.82 Å². The summed E-state index contributed by atoms with van der Waals surface area (Å²) in [5.41, 5.74) is 3.57. The Morgan fingerprint density at radius 3 is 2.26 bits per heavy atom. The van der Waals surface area contributed by atoms with Gasteiger partial charge in [-0.2, -0.15) is 0 Å². The quantitative estimate of drug-likeness (QED) is 0.593. The molecule has 23 heavy (non-hydrogen) atoms. The van der Waals surface area contributed by atoms with Crippen LogP contribution in [0.3, 0.4) is 0 Å². The van der Waals surface area contributed by atoms with Crippen LogP contribution in [-0.2, 0) is 0 Å². The maximum Gasteiger partial charge on any atom is 0.136 e. The van der Waals surface area contributed by atoms with Gasteiger partial charge in [0.2, 0.25) is 0 Å². The van der Waals surface area contributed by atoms with E-state index in [9.17, 15) is 0 Å². The first-order chi connectivity index (χ1) is 11.3. The third-order valence-electron chi connectivity index (χ3n) is 3.38. The molecule has 0 atom stereocenters. The van der Waals surface area contributed by atoms with Crippen molar-refractivity contribution in [1.82, 2.24) is 4.98 Å². The Balaban J connectivity index is 1.62. The molecule has 1 heterocycles. The molecule has 0 spiro atoms. The predicted octanol–water partition coefficient (Wildman–Crippen LogP) is 5.90. The largest absolute Gasteiger partial charge is 0.310 e. The standard InChI is InChI=1S/C20H18N2S/c1-2-6-16-9-14-20(21-15-16)22-23-19-12-10-18(11-13-19)17-7-4-3-5-8-17/h2-15H,1H3,(H,21,22)/b6-2+. The third-order valence-corrected chi connectivity index (χ3v) is 4.20. The molecule has 0 aliphatic heterocycles. The van der Waals surface area contributed by atoms with Gasteiger partial charge in [0, 0.05) is 11.1 Å². The van der Waals surface area contributed by atoms with Crippen LogP contribution >= 0.6 is 11.9 Å². The van der Waals surface area contributed by atoms with Crippen molar-refractivity contribution in [2.75, 3.05) is 4.72 Å². The van der Waals surface area contributed by atoms with Crippen LogP contribution in [0.1, 0.15) is 12.5 Å². The van der Waals surface area contributed by atoms with Gasteiger partial charge in [-0.05, 0) is 59.8 Å². The maximum absolute atomic E-state index is 4.39. The number of hydrogen-bond donors (Lipinski definition) is 1. The first kappa shape index (κ1) is 15.4. The summed E-state index contributed by atoms with van der Waals surface area (Å²) in [6.07, 6.45) is 5.90. The molecule has 0 saturated heterocycles. The smallest absolute Gasteiger partial charge is 0.136 e. The van der Waals surface area contributed by atoms with Crippen LogP contribution in [0.15, 0.2) is 83.9 Å². The van der Waals surface area contributed by atoms with Crippen LogP contribution in [-0.4, -0.2) is 4.98 Å². The van der Waals surface area contributed by atoms with Crippen molar-refractivity contribution in [1.29, 1.82) is 0 Å². The predicted molar refractivity (Wildman–Crippen MR) is 100 cm³/mol. The Kier molecular flexibility index (Phi) is 5.12. The van der Waals surface area contributed by atoms with Crippen LogP contribution in [0, 0.1) is 0 Å². The number of allylic oxidation sites excluding steroid dienone is 1. The lowest BCUT2D eigenvalue weighted by Crippen LogP contribution is -1.90. The van der Waals surface area contributed by atoms with Gasteiger partial charge in [-0.25, -0.2) is 4.98 Å². The molecule has 3 heteroatoms. The van der Waals surface area contributed by atoms with E-state index in [0.29, 0.717) is 0 Å². The number of anilines is 1. The Labute approximate surface area is 141 Å². The molecule has 0 saturated carbocycles. The monoisotopic (exact) mass is 318 g/mol. The molecule has 1 N–H and O–H groups in total. The Bertz CT molecular complexity index is 763. The molecular weight excluding hydrogens is 300 g/mol. The van der Waals surface area contributed by atoms with E-state index < -0.39 is 0 Å². The third kappa shape index (κ3) is 4.24. The van der Waals surface area contributed by atoms with Crippen LogP contribution in [0.5, 0.6) is 0 Å². The molecule has 2 aromatic carbocycles. The van der Waals surface area contributed by atoms with Crippen molar-refractivity contribution >= 4 is 23.8 Å². The first-order valence-electron chi connectivity index (χ1n) is 7.52. The lowest BCUT2D eigenvalue weighted by Gasteiger charge is -2.06. The van der Waals surface area contributed by atoms with Crippen LogP contribution < -0.4 is 4.72 Å². The number of pyridine rings is 1. The molecule has 0 radical (unpaired) electrons. The lowest BCUT2D eigenvalue weighted by molar-refractivity contribution is 1.32. The molecule has 0 bridgehead atoms. The summed E-state index contributed by atoms with van der Waals surface area (Å²) in [5.74, 6) is 0.857. The Morgan fingerprint density at radius 2 is 1.61 bits per heavy atom. The van der Waals surface area contributed by atoms with Crippen molar-refractivity contribution in [3.8, 4) is 11.1 Å². The molecule has 2 nitrogen and oxygen atoms in total. The van der Waals surface area contributed by atoms with E-state index in [1.54, 1.807) is 11.9 Å². The number of nitrogens with zero attached hydrogens (tertiary/aromatic N) is 1. The average Bonchev–Trinajstić information content (AvgIpc) is 2.63. The SMILES string of the molecule is C/C=C/c1ccc(NSc2ccc(-c3ccccc3)cc2)nc1. The van der Waals surface area contributed by atoms with E-state index in [4.69, 9.17) is 0 Å². The van der Waals surface area contributed by atoms with Gasteiger partial charge in [0.25, 0.3) is 0 Å². The van der Waals surface area contributed by atoms with E-state index in [-0.39, 0.29) is 0 Å². The summed E-state index contributed by atoms with van der Waals surface area (Å²) < 4.78 is 3.27. The van der Waals surface area contributed by atoms with E-state index in [0.717, 1.165) is 16.3 Å². The summed E-state index contributed by atoms with van der Waals surface area (Å²) in [6, 6.07) is 23.0. The highest BCUT2D eigenvalue weighted by Crippen LogP contribution is 2.24. The van der Waals surface area contributed by atoms with Gasteiger partial charge >= 0.3 is 0 Å². The molecule has 114 valence electrons. The van der Waals surface area contributed by atoms with E-state index in [1.807, 2.05) is 43.5 Å². The molecule has 1 aromatic heterocycles. The highest BCUT2D eigenvalue weighted by atomic mass is 32.2. The van der Waals surface area contributed by atoms with Gasteiger partial charge in [-0.3, -0.25) is 0 Å².